The first-order valence-corrected chi connectivity index (χ1v) is 16.8. The first-order valence-electron chi connectivity index (χ1n) is 15.3. The second kappa shape index (κ2) is 14.7. The van der Waals surface area contributed by atoms with Crippen LogP contribution >= 0.6 is 0 Å². The van der Waals surface area contributed by atoms with E-state index in [4.69, 9.17) is 10.00 Å². The average Bonchev–Trinajstić information content (AvgIpc) is 2.95. The number of amides is 2. The first kappa shape index (κ1) is 35.7. The lowest BCUT2D eigenvalue weighted by molar-refractivity contribution is -0.144. The Bertz CT molecular complexity index is 1570. The third kappa shape index (κ3) is 10.4. The third-order valence-electron chi connectivity index (χ3n) is 7.76. The largest absolute Gasteiger partial charge is 0.451 e. The van der Waals surface area contributed by atoms with Crippen LogP contribution in [-0.4, -0.2) is 74.8 Å². The zero-order valence-corrected chi connectivity index (χ0v) is 27.2. The van der Waals surface area contributed by atoms with Crippen LogP contribution in [0.25, 0.3) is 0 Å². The standard InChI is InChI=1S/C30H39F3N8O5S/c1-29(2,3)46-28(43)39-47(44,45)36-14-9-21-10-15-40(16-11-21)24-18-25(38-27(37-24)30(31,32)33)41-17-12-23(41)26(42)35-13-8-20-4-6-22(19-34)7-5-20/h4-7,18,21,23,36H,8-17H2,1-3H3,(H,35,42)(H,39,43). The number of carbonyl (C=O) groups excluding carboxylic acids is 2. The van der Waals surface area contributed by atoms with Crippen molar-refractivity contribution in [1.29, 1.82) is 5.26 Å². The van der Waals surface area contributed by atoms with E-state index in [-0.39, 0.29) is 30.0 Å². The molecule has 2 aliphatic rings. The van der Waals surface area contributed by atoms with Crippen molar-refractivity contribution in [2.24, 2.45) is 5.92 Å². The molecule has 2 saturated heterocycles. The maximum absolute atomic E-state index is 13.8. The second-order valence-corrected chi connectivity index (χ2v) is 14.0. The predicted octanol–water partition coefficient (Wildman–Crippen LogP) is 3.27. The molecule has 2 aromatic rings. The smallest absolute Gasteiger partial charge is 0.443 e. The summed E-state index contributed by atoms with van der Waals surface area (Å²) in [6.07, 6.45) is -3.27. The van der Waals surface area contributed by atoms with Gasteiger partial charge in [0.15, 0.2) is 0 Å². The van der Waals surface area contributed by atoms with Gasteiger partial charge >= 0.3 is 22.5 Å². The number of benzene rings is 1. The molecule has 2 fully saturated rings. The summed E-state index contributed by atoms with van der Waals surface area (Å²) >= 11 is 0. The zero-order chi connectivity index (χ0) is 34.4. The van der Waals surface area contributed by atoms with E-state index in [1.807, 2.05) is 6.07 Å². The van der Waals surface area contributed by atoms with Gasteiger partial charge in [-0.1, -0.05) is 12.1 Å². The number of rotatable bonds is 11. The Morgan fingerprint density at radius 2 is 1.68 bits per heavy atom. The number of nitrogens with zero attached hydrogens (tertiary/aromatic N) is 5. The van der Waals surface area contributed by atoms with Gasteiger partial charge in [0.1, 0.15) is 23.3 Å². The van der Waals surface area contributed by atoms with Crippen molar-refractivity contribution in [2.45, 2.75) is 70.7 Å². The molecule has 3 N–H and O–H groups in total. The van der Waals surface area contributed by atoms with Crippen molar-refractivity contribution in [3.63, 3.8) is 0 Å². The molecule has 0 spiro atoms. The number of piperidine rings is 1. The van der Waals surface area contributed by atoms with Gasteiger partial charge in [-0.15, -0.1) is 0 Å². The molecule has 1 unspecified atom stereocenters. The molecule has 2 amide bonds. The molecule has 1 aromatic heterocycles. The van der Waals surface area contributed by atoms with Crippen molar-refractivity contribution >= 4 is 33.8 Å². The Morgan fingerprint density at radius 3 is 2.26 bits per heavy atom. The van der Waals surface area contributed by atoms with Gasteiger partial charge in [-0.05, 0) is 76.5 Å². The lowest BCUT2D eigenvalue weighted by atomic mass is 9.93. The number of carbonyl (C=O) groups is 2. The normalized spacial score (nSPS) is 17.4. The zero-order valence-electron chi connectivity index (χ0n) is 26.4. The van der Waals surface area contributed by atoms with Gasteiger partial charge < -0.3 is 19.9 Å². The summed E-state index contributed by atoms with van der Waals surface area (Å²) in [5.41, 5.74) is 0.607. The van der Waals surface area contributed by atoms with Crippen LogP contribution in [0.1, 0.15) is 63.4 Å². The molecular formula is C30H39F3N8O5S. The minimum absolute atomic E-state index is 0.0230. The predicted molar refractivity (Wildman–Crippen MR) is 167 cm³/mol. The lowest BCUT2D eigenvalue weighted by Crippen LogP contribution is -2.57. The fourth-order valence-corrected chi connectivity index (χ4v) is 6.00. The molecule has 1 atom stereocenters. The SMILES string of the molecule is CC(C)(C)OC(=O)NS(=O)(=O)NCCC1CCN(c2cc(N3CCC3C(=O)NCCc3ccc(C#N)cc3)nc(C(F)(F)F)n2)CC1. The number of alkyl halides is 3. The number of aromatic nitrogens is 2. The van der Waals surface area contributed by atoms with Crippen LogP contribution in [0.2, 0.25) is 0 Å². The van der Waals surface area contributed by atoms with E-state index in [9.17, 15) is 31.2 Å². The summed E-state index contributed by atoms with van der Waals surface area (Å²) in [5, 5.41) is 11.8. The molecule has 0 aliphatic carbocycles. The maximum Gasteiger partial charge on any atom is 0.451 e. The molecule has 1 aromatic carbocycles. The van der Waals surface area contributed by atoms with Gasteiger partial charge in [-0.3, -0.25) is 4.79 Å². The number of hydrogen-bond acceptors (Lipinski definition) is 10. The van der Waals surface area contributed by atoms with Gasteiger partial charge in [0.05, 0.1) is 11.6 Å². The lowest BCUT2D eigenvalue weighted by Gasteiger charge is -2.41. The molecular weight excluding hydrogens is 641 g/mol. The highest BCUT2D eigenvalue weighted by Gasteiger charge is 2.40. The van der Waals surface area contributed by atoms with Crippen LogP contribution < -0.4 is 24.6 Å². The van der Waals surface area contributed by atoms with Gasteiger partial charge in [-0.25, -0.2) is 19.5 Å². The highest BCUT2D eigenvalue weighted by molar-refractivity contribution is 7.88. The van der Waals surface area contributed by atoms with Crippen molar-refractivity contribution in [2.75, 3.05) is 42.5 Å². The van der Waals surface area contributed by atoms with Crippen LogP contribution in [0.3, 0.4) is 0 Å². The highest BCUT2D eigenvalue weighted by Crippen LogP contribution is 2.34. The van der Waals surface area contributed by atoms with Gasteiger partial charge in [0.25, 0.3) is 0 Å². The van der Waals surface area contributed by atoms with E-state index >= 15 is 0 Å². The van der Waals surface area contributed by atoms with E-state index in [0.29, 0.717) is 63.8 Å². The first-order chi connectivity index (χ1) is 22.0. The fourth-order valence-electron chi connectivity index (χ4n) is 5.28. The average molecular weight is 681 g/mol. The summed E-state index contributed by atoms with van der Waals surface area (Å²) in [6, 6.07) is 9.84. The monoisotopic (exact) mass is 680 g/mol. The molecule has 0 saturated carbocycles. The van der Waals surface area contributed by atoms with E-state index < -0.39 is 39.9 Å². The quantitative estimate of drug-likeness (QED) is 0.320. The summed E-state index contributed by atoms with van der Waals surface area (Å²) in [7, 11) is -4.12. The molecule has 4 rings (SSSR count). The number of nitrogens with one attached hydrogen (secondary N) is 3. The number of halogens is 3. The van der Waals surface area contributed by atoms with Crippen LogP contribution in [-0.2, 0) is 32.3 Å². The number of ether oxygens (including phenoxy) is 1. The number of nitriles is 1. The van der Waals surface area contributed by atoms with Gasteiger partial charge in [0.2, 0.25) is 11.7 Å². The Kier molecular flexibility index (Phi) is 11.2. The Hall–Kier alpha value is -4.17. The summed E-state index contributed by atoms with van der Waals surface area (Å²) in [4.78, 5) is 35.5. The minimum Gasteiger partial charge on any atom is -0.443 e. The molecule has 17 heteroatoms. The van der Waals surface area contributed by atoms with E-state index in [1.165, 1.54) is 6.07 Å². The summed E-state index contributed by atoms with van der Waals surface area (Å²) in [6.45, 7) is 6.35. The highest BCUT2D eigenvalue weighted by atomic mass is 32.2. The second-order valence-electron chi connectivity index (χ2n) is 12.5. The molecule has 13 nitrogen and oxygen atoms in total. The van der Waals surface area contributed by atoms with Crippen LogP contribution in [0.15, 0.2) is 30.3 Å². The van der Waals surface area contributed by atoms with Crippen LogP contribution in [0, 0.1) is 17.2 Å². The van der Waals surface area contributed by atoms with Crippen molar-refractivity contribution < 1.29 is 35.9 Å². The van der Waals surface area contributed by atoms with Crippen molar-refractivity contribution in [3.8, 4) is 6.07 Å². The van der Waals surface area contributed by atoms with Crippen molar-refractivity contribution in [1.82, 2.24) is 24.7 Å². The maximum atomic E-state index is 13.8. The van der Waals surface area contributed by atoms with Gasteiger partial charge in [-0.2, -0.15) is 31.6 Å². The summed E-state index contributed by atoms with van der Waals surface area (Å²) < 4.78 is 74.9. The molecule has 2 aliphatic heterocycles. The summed E-state index contributed by atoms with van der Waals surface area (Å²) in [5.74, 6) is -1.38. The van der Waals surface area contributed by atoms with E-state index in [2.05, 4.69) is 20.0 Å². The molecule has 256 valence electrons. The van der Waals surface area contributed by atoms with Crippen molar-refractivity contribution in [3.05, 3.63) is 47.3 Å². The number of anilines is 2. The molecule has 47 heavy (non-hydrogen) atoms. The third-order valence-corrected chi connectivity index (χ3v) is 8.78. The van der Waals surface area contributed by atoms with E-state index in [0.717, 1.165) is 5.56 Å². The van der Waals surface area contributed by atoms with E-state index in [1.54, 1.807) is 59.6 Å². The van der Waals surface area contributed by atoms with Gasteiger partial charge in [0, 0.05) is 38.8 Å². The molecule has 0 radical (unpaired) electrons. The molecule has 0 bridgehead atoms. The topological polar surface area (TPSA) is 170 Å². The Balaban J connectivity index is 1.31. The Labute approximate surface area is 272 Å². The number of hydrogen-bond donors (Lipinski definition) is 3. The fraction of sp³-hybridized carbons (Fsp3) is 0.567. The van der Waals surface area contributed by atoms with Crippen LogP contribution in [0.5, 0.6) is 0 Å². The van der Waals surface area contributed by atoms with Crippen LogP contribution in [0.4, 0.5) is 29.6 Å². The minimum atomic E-state index is -4.79. The molecule has 3 heterocycles. The Morgan fingerprint density at radius 1 is 1.02 bits per heavy atom.